The van der Waals surface area contributed by atoms with Gasteiger partial charge in [-0.2, -0.15) is 10.2 Å². The number of aryl methyl sites for hydroxylation is 1. The summed E-state index contributed by atoms with van der Waals surface area (Å²) in [5, 5.41) is 15.0. The van der Waals surface area contributed by atoms with Crippen molar-refractivity contribution in [3.8, 4) is 11.3 Å². The predicted octanol–water partition coefficient (Wildman–Crippen LogP) is 4.52. The number of nitrogen functional groups attached to an aromatic ring is 1. The third-order valence-electron chi connectivity index (χ3n) is 3.18. The van der Waals surface area contributed by atoms with Crippen molar-refractivity contribution in [1.82, 2.24) is 10.2 Å². The van der Waals surface area contributed by atoms with Crippen molar-refractivity contribution < 1.29 is 4.39 Å². The topological polar surface area (TPSA) is 79.4 Å². The molecule has 2 aromatic carbocycles. The molecule has 0 unspecified atom stereocenters. The molecule has 6 heteroatoms. The first-order valence-electron chi connectivity index (χ1n) is 6.71. The van der Waals surface area contributed by atoms with E-state index in [0.29, 0.717) is 17.1 Å². The Bertz CT molecular complexity index is 821. The molecule has 0 amide bonds. The number of benzene rings is 2. The van der Waals surface area contributed by atoms with Gasteiger partial charge in [-0.15, -0.1) is 5.11 Å². The van der Waals surface area contributed by atoms with Crippen LogP contribution in [0.1, 0.15) is 5.56 Å². The lowest BCUT2D eigenvalue weighted by atomic mass is 10.1. The number of rotatable bonds is 3. The van der Waals surface area contributed by atoms with E-state index < -0.39 is 0 Å². The van der Waals surface area contributed by atoms with Crippen LogP contribution in [-0.4, -0.2) is 10.2 Å². The highest BCUT2D eigenvalue weighted by atomic mass is 19.1. The van der Waals surface area contributed by atoms with Crippen molar-refractivity contribution in [2.75, 3.05) is 5.73 Å². The molecule has 1 aromatic heterocycles. The predicted molar refractivity (Wildman–Crippen MR) is 83.7 cm³/mol. The number of H-pyrrole nitrogens is 1. The lowest BCUT2D eigenvalue weighted by molar-refractivity contribution is 0.628. The second-order valence-corrected chi connectivity index (χ2v) is 4.88. The number of aromatic amines is 1. The van der Waals surface area contributed by atoms with Crippen molar-refractivity contribution in [1.29, 1.82) is 0 Å². The normalized spacial score (nSPS) is 11.2. The second kappa shape index (κ2) is 5.77. The molecule has 0 saturated carbocycles. The van der Waals surface area contributed by atoms with Gasteiger partial charge in [0.15, 0.2) is 11.5 Å². The maximum atomic E-state index is 13.1. The molecule has 0 radical (unpaired) electrons. The lowest BCUT2D eigenvalue weighted by Crippen LogP contribution is -1.83. The minimum atomic E-state index is -0.365. The molecule has 0 aliphatic carbocycles. The Kier molecular flexibility index (Phi) is 3.65. The van der Waals surface area contributed by atoms with Crippen molar-refractivity contribution in [3.05, 3.63) is 59.9 Å². The molecule has 0 bridgehead atoms. The smallest absolute Gasteiger partial charge is 0.173 e. The SMILES string of the molecule is Cc1ccc(-c2[nH]nc(N)c2N=Nc2cccc(F)c2)cc1. The lowest BCUT2D eigenvalue weighted by Gasteiger charge is -2.00. The van der Waals surface area contributed by atoms with Gasteiger partial charge in [0.25, 0.3) is 0 Å². The van der Waals surface area contributed by atoms with E-state index in [-0.39, 0.29) is 11.6 Å². The first kappa shape index (κ1) is 13.9. The Hall–Kier alpha value is -3.02. The summed E-state index contributed by atoms with van der Waals surface area (Å²) in [4.78, 5) is 0. The summed E-state index contributed by atoms with van der Waals surface area (Å²) >= 11 is 0. The van der Waals surface area contributed by atoms with Crippen LogP contribution < -0.4 is 5.73 Å². The zero-order valence-electron chi connectivity index (χ0n) is 11.9. The third kappa shape index (κ3) is 2.85. The van der Waals surface area contributed by atoms with Gasteiger partial charge in [-0.05, 0) is 19.1 Å². The van der Waals surface area contributed by atoms with Crippen LogP contribution in [0.15, 0.2) is 58.8 Å². The van der Waals surface area contributed by atoms with Crippen LogP contribution in [0.5, 0.6) is 0 Å². The average Bonchev–Trinajstić information content (AvgIpc) is 2.87. The van der Waals surface area contributed by atoms with Gasteiger partial charge in [0.2, 0.25) is 0 Å². The Morgan fingerprint density at radius 2 is 1.86 bits per heavy atom. The molecule has 110 valence electrons. The number of halogens is 1. The van der Waals surface area contributed by atoms with E-state index in [1.165, 1.54) is 12.1 Å². The summed E-state index contributed by atoms with van der Waals surface area (Å²) in [5.74, 6) is -0.119. The number of anilines is 1. The molecule has 3 aromatic rings. The molecular formula is C16H14FN5. The van der Waals surface area contributed by atoms with Gasteiger partial charge in [0.1, 0.15) is 5.82 Å². The second-order valence-electron chi connectivity index (χ2n) is 4.88. The fourth-order valence-corrected chi connectivity index (χ4v) is 2.02. The van der Waals surface area contributed by atoms with Gasteiger partial charge >= 0.3 is 0 Å². The highest BCUT2D eigenvalue weighted by Crippen LogP contribution is 2.34. The van der Waals surface area contributed by atoms with E-state index in [1.54, 1.807) is 12.1 Å². The van der Waals surface area contributed by atoms with Gasteiger partial charge in [-0.3, -0.25) is 5.10 Å². The van der Waals surface area contributed by atoms with E-state index >= 15 is 0 Å². The molecule has 1 heterocycles. The zero-order valence-corrected chi connectivity index (χ0v) is 11.9. The van der Waals surface area contributed by atoms with Gasteiger partial charge in [0, 0.05) is 11.6 Å². The van der Waals surface area contributed by atoms with Crippen LogP contribution in [0.25, 0.3) is 11.3 Å². The number of aromatic nitrogens is 2. The standard InChI is InChI=1S/C16H14FN5/c1-10-5-7-11(8-6-10)14-15(16(18)22-20-14)21-19-13-4-2-3-12(17)9-13/h2-9H,1H3,(H3,18,20,22). The van der Waals surface area contributed by atoms with Crippen molar-refractivity contribution in [3.63, 3.8) is 0 Å². The summed E-state index contributed by atoms with van der Waals surface area (Å²) in [7, 11) is 0. The largest absolute Gasteiger partial charge is 0.380 e. The van der Waals surface area contributed by atoms with Crippen molar-refractivity contribution in [2.45, 2.75) is 6.92 Å². The summed E-state index contributed by atoms with van der Waals surface area (Å²) < 4.78 is 13.1. The molecule has 5 nitrogen and oxygen atoms in total. The molecule has 0 spiro atoms. The number of nitrogens with one attached hydrogen (secondary N) is 1. The van der Waals surface area contributed by atoms with Crippen LogP contribution in [0.4, 0.5) is 21.6 Å². The average molecular weight is 295 g/mol. The van der Waals surface area contributed by atoms with Crippen LogP contribution in [-0.2, 0) is 0 Å². The highest BCUT2D eigenvalue weighted by Gasteiger charge is 2.12. The molecule has 0 saturated heterocycles. The van der Waals surface area contributed by atoms with Gasteiger partial charge in [0.05, 0.1) is 11.4 Å². The number of nitrogens with two attached hydrogens (primary N) is 1. The fraction of sp³-hybridized carbons (Fsp3) is 0.0625. The molecular weight excluding hydrogens is 281 g/mol. The minimum absolute atomic E-state index is 0.246. The quantitative estimate of drug-likeness (QED) is 0.696. The number of hydrogen-bond acceptors (Lipinski definition) is 4. The molecule has 0 aliphatic heterocycles. The van der Waals surface area contributed by atoms with Crippen molar-refractivity contribution in [2.24, 2.45) is 10.2 Å². The van der Waals surface area contributed by atoms with E-state index in [2.05, 4.69) is 20.4 Å². The van der Waals surface area contributed by atoms with E-state index in [1.807, 2.05) is 31.2 Å². The Morgan fingerprint density at radius 3 is 2.59 bits per heavy atom. The Labute approximate surface area is 126 Å². The van der Waals surface area contributed by atoms with Crippen LogP contribution in [0, 0.1) is 12.7 Å². The highest BCUT2D eigenvalue weighted by molar-refractivity contribution is 5.79. The monoisotopic (exact) mass is 295 g/mol. The van der Waals surface area contributed by atoms with Crippen molar-refractivity contribution >= 4 is 17.2 Å². The number of nitrogens with zero attached hydrogens (tertiary/aromatic N) is 3. The van der Waals surface area contributed by atoms with E-state index in [0.717, 1.165) is 11.1 Å². The van der Waals surface area contributed by atoms with Crippen LogP contribution >= 0.6 is 0 Å². The number of hydrogen-bond donors (Lipinski definition) is 2. The fourth-order valence-electron chi connectivity index (χ4n) is 2.02. The molecule has 0 fully saturated rings. The first-order chi connectivity index (χ1) is 10.6. The molecule has 0 aliphatic rings. The third-order valence-corrected chi connectivity index (χ3v) is 3.18. The van der Waals surface area contributed by atoms with E-state index in [9.17, 15) is 4.39 Å². The molecule has 0 atom stereocenters. The Morgan fingerprint density at radius 1 is 1.09 bits per heavy atom. The number of azo groups is 1. The van der Waals surface area contributed by atoms with Gasteiger partial charge in [-0.1, -0.05) is 35.9 Å². The molecule has 3 N–H and O–H groups in total. The molecule has 22 heavy (non-hydrogen) atoms. The first-order valence-corrected chi connectivity index (χ1v) is 6.71. The minimum Gasteiger partial charge on any atom is -0.380 e. The summed E-state index contributed by atoms with van der Waals surface area (Å²) in [6.45, 7) is 2.01. The summed E-state index contributed by atoms with van der Waals surface area (Å²) in [6.07, 6.45) is 0. The molecule has 3 rings (SSSR count). The maximum Gasteiger partial charge on any atom is 0.173 e. The summed E-state index contributed by atoms with van der Waals surface area (Å²) in [6, 6.07) is 13.7. The van der Waals surface area contributed by atoms with Crippen LogP contribution in [0.2, 0.25) is 0 Å². The summed E-state index contributed by atoms with van der Waals surface area (Å²) in [5.41, 5.74) is 9.42. The van der Waals surface area contributed by atoms with Gasteiger partial charge in [-0.25, -0.2) is 4.39 Å². The van der Waals surface area contributed by atoms with Crippen LogP contribution in [0.3, 0.4) is 0 Å². The van der Waals surface area contributed by atoms with Gasteiger partial charge < -0.3 is 5.73 Å². The van der Waals surface area contributed by atoms with E-state index in [4.69, 9.17) is 5.73 Å². The Balaban J connectivity index is 1.97. The maximum absolute atomic E-state index is 13.1. The zero-order chi connectivity index (χ0) is 15.5.